The second-order valence-corrected chi connectivity index (χ2v) is 7.72. The molecule has 3 N–H and O–H groups in total. The molecule has 9 nitrogen and oxygen atoms in total. The van der Waals surface area contributed by atoms with Gasteiger partial charge in [0, 0.05) is 24.6 Å². The number of nitrogens with one attached hydrogen (secondary N) is 3. The standard InChI is InChI=1S/C18H22N4O5S/c1-13(21-18(24)14-4-3-9-19-12-14)17(23)20-10-11-28(25,26)22-15-5-7-16(27-2)8-6-15/h3-9,12-13,22H,10-11H2,1-2H3,(H,20,23)(H,21,24). The van der Waals surface area contributed by atoms with Crippen molar-refractivity contribution in [2.24, 2.45) is 0 Å². The van der Waals surface area contributed by atoms with Crippen molar-refractivity contribution in [1.29, 1.82) is 0 Å². The van der Waals surface area contributed by atoms with Crippen molar-refractivity contribution in [3.8, 4) is 5.75 Å². The molecule has 0 aliphatic heterocycles. The molecule has 2 rings (SSSR count). The summed E-state index contributed by atoms with van der Waals surface area (Å²) in [7, 11) is -2.13. The molecule has 0 fully saturated rings. The maximum absolute atomic E-state index is 12.1. The molecule has 1 atom stereocenters. The van der Waals surface area contributed by atoms with Gasteiger partial charge in [0.25, 0.3) is 5.91 Å². The van der Waals surface area contributed by atoms with E-state index in [1.165, 1.54) is 26.4 Å². The van der Waals surface area contributed by atoms with Gasteiger partial charge in [-0.15, -0.1) is 0 Å². The highest BCUT2D eigenvalue weighted by molar-refractivity contribution is 7.92. The van der Waals surface area contributed by atoms with Gasteiger partial charge in [-0.25, -0.2) is 8.42 Å². The first-order valence-electron chi connectivity index (χ1n) is 8.44. The third-order valence-electron chi connectivity index (χ3n) is 3.70. The molecule has 0 radical (unpaired) electrons. The van der Waals surface area contributed by atoms with Crippen LogP contribution >= 0.6 is 0 Å². The lowest BCUT2D eigenvalue weighted by molar-refractivity contribution is -0.122. The Morgan fingerprint density at radius 3 is 2.50 bits per heavy atom. The smallest absolute Gasteiger partial charge is 0.253 e. The summed E-state index contributed by atoms with van der Waals surface area (Å²) in [6, 6.07) is 8.77. The van der Waals surface area contributed by atoms with Crippen molar-refractivity contribution < 1.29 is 22.7 Å². The molecule has 2 aromatic rings. The predicted molar refractivity (Wildman–Crippen MR) is 105 cm³/mol. The fourth-order valence-corrected chi connectivity index (χ4v) is 3.16. The molecular weight excluding hydrogens is 384 g/mol. The number of amides is 2. The summed E-state index contributed by atoms with van der Waals surface area (Å²) in [5.41, 5.74) is 0.720. The van der Waals surface area contributed by atoms with Crippen LogP contribution in [0.5, 0.6) is 5.75 Å². The maximum Gasteiger partial charge on any atom is 0.253 e. The number of sulfonamides is 1. The first-order chi connectivity index (χ1) is 13.3. The minimum atomic E-state index is -3.64. The molecule has 0 aliphatic carbocycles. The van der Waals surface area contributed by atoms with E-state index in [-0.39, 0.29) is 12.3 Å². The van der Waals surface area contributed by atoms with Crippen molar-refractivity contribution in [2.45, 2.75) is 13.0 Å². The van der Waals surface area contributed by atoms with Crippen LogP contribution in [0.2, 0.25) is 0 Å². The van der Waals surface area contributed by atoms with Gasteiger partial charge in [0.2, 0.25) is 15.9 Å². The molecule has 0 spiro atoms. The fraction of sp³-hybridized carbons (Fsp3) is 0.278. The van der Waals surface area contributed by atoms with Crippen LogP contribution in [0.4, 0.5) is 5.69 Å². The summed E-state index contributed by atoms with van der Waals surface area (Å²) in [5.74, 6) is -0.632. The van der Waals surface area contributed by atoms with E-state index in [4.69, 9.17) is 4.74 Å². The summed E-state index contributed by atoms with van der Waals surface area (Å²) in [4.78, 5) is 27.9. The lowest BCUT2D eigenvalue weighted by Gasteiger charge is -2.14. The highest BCUT2D eigenvalue weighted by atomic mass is 32.2. The molecule has 1 aromatic carbocycles. The summed E-state index contributed by atoms with van der Waals surface area (Å²) in [5, 5.41) is 5.02. The number of aromatic nitrogens is 1. The number of carbonyl (C=O) groups is 2. The molecule has 2 amide bonds. The van der Waals surface area contributed by atoms with Gasteiger partial charge in [-0.05, 0) is 43.3 Å². The van der Waals surface area contributed by atoms with Crippen LogP contribution < -0.4 is 20.1 Å². The zero-order valence-corrected chi connectivity index (χ0v) is 16.3. The molecular formula is C18H22N4O5S. The Morgan fingerprint density at radius 2 is 1.89 bits per heavy atom. The predicted octanol–water partition coefficient (Wildman–Crippen LogP) is 0.767. The molecule has 0 bridgehead atoms. The third kappa shape index (κ3) is 6.54. The summed E-state index contributed by atoms with van der Waals surface area (Å²) < 4.78 is 31.6. The number of hydrogen-bond donors (Lipinski definition) is 3. The number of benzene rings is 1. The van der Waals surface area contributed by atoms with E-state index < -0.39 is 27.9 Å². The van der Waals surface area contributed by atoms with E-state index in [0.29, 0.717) is 17.0 Å². The Hall–Kier alpha value is -3.14. The zero-order valence-electron chi connectivity index (χ0n) is 15.5. The van der Waals surface area contributed by atoms with E-state index >= 15 is 0 Å². The topological polar surface area (TPSA) is 126 Å². The van der Waals surface area contributed by atoms with Crippen molar-refractivity contribution in [1.82, 2.24) is 15.6 Å². The van der Waals surface area contributed by atoms with Gasteiger partial charge in [0.15, 0.2) is 0 Å². The van der Waals surface area contributed by atoms with E-state index in [9.17, 15) is 18.0 Å². The number of methoxy groups -OCH3 is 1. The van der Waals surface area contributed by atoms with Gasteiger partial charge in [0.1, 0.15) is 11.8 Å². The van der Waals surface area contributed by atoms with Gasteiger partial charge < -0.3 is 15.4 Å². The van der Waals surface area contributed by atoms with Gasteiger partial charge in [-0.3, -0.25) is 19.3 Å². The highest BCUT2D eigenvalue weighted by Gasteiger charge is 2.17. The van der Waals surface area contributed by atoms with E-state index in [1.807, 2.05) is 0 Å². The summed E-state index contributed by atoms with van der Waals surface area (Å²) >= 11 is 0. The SMILES string of the molecule is COc1ccc(NS(=O)(=O)CCNC(=O)C(C)NC(=O)c2cccnc2)cc1. The summed E-state index contributed by atoms with van der Waals surface area (Å²) in [6.45, 7) is 1.41. The Bertz CT molecular complexity index is 901. The second-order valence-electron chi connectivity index (χ2n) is 5.88. The molecule has 0 saturated carbocycles. The Balaban J connectivity index is 1.78. The second kappa shape index (κ2) is 9.70. The number of ether oxygens (including phenoxy) is 1. The van der Waals surface area contributed by atoms with Crippen LogP contribution in [0.25, 0.3) is 0 Å². The van der Waals surface area contributed by atoms with Crippen LogP contribution in [-0.4, -0.2) is 50.7 Å². The zero-order chi connectivity index (χ0) is 20.6. The average Bonchev–Trinajstić information content (AvgIpc) is 2.68. The van der Waals surface area contributed by atoms with Crippen LogP contribution in [0.3, 0.4) is 0 Å². The van der Waals surface area contributed by atoms with Crippen LogP contribution in [0.15, 0.2) is 48.8 Å². The molecule has 28 heavy (non-hydrogen) atoms. The first-order valence-corrected chi connectivity index (χ1v) is 10.1. The minimum Gasteiger partial charge on any atom is -0.497 e. The lowest BCUT2D eigenvalue weighted by Crippen LogP contribution is -2.46. The Labute approximate surface area is 163 Å². The molecule has 1 heterocycles. The van der Waals surface area contributed by atoms with Gasteiger partial charge in [-0.2, -0.15) is 0 Å². The number of hydrogen-bond acceptors (Lipinski definition) is 6. The van der Waals surface area contributed by atoms with Gasteiger partial charge in [-0.1, -0.05) is 0 Å². The van der Waals surface area contributed by atoms with Crippen LogP contribution in [0.1, 0.15) is 17.3 Å². The van der Waals surface area contributed by atoms with Crippen molar-refractivity contribution >= 4 is 27.5 Å². The first kappa shape index (κ1) is 21.2. The van der Waals surface area contributed by atoms with Crippen LogP contribution in [-0.2, 0) is 14.8 Å². The summed E-state index contributed by atoms with van der Waals surface area (Å²) in [6.07, 6.45) is 2.92. The third-order valence-corrected chi connectivity index (χ3v) is 4.99. The monoisotopic (exact) mass is 406 g/mol. The fourth-order valence-electron chi connectivity index (χ4n) is 2.19. The van der Waals surface area contributed by atoms with Crippen molar-refractivity contribution in [3.05, 3.63) is 54.4 Å². The molecule has 0 aliphatic rings. The molecule has 1 aromatic heterocycles. The average molecular weight is 406 g/mol. The van der Waals surface area contributed by atoms with E-state index in [2.05, 4.69) is 20.3 Å². The van der Waals surface area contributed by atoms with Gasteiger partial charge >= 0.3 is 0 Å². The van der Waals surface area contributed by atoms with Crippen LogP contribution in [0, 0.1) is 0 Å². The number of anilines is 1. The minimum absolute atomic E-state index is 0.0998. The van der Waals surface area contributed by atoms with Crippen molar-refractivity contribution in [2.75, 3.05) is 24.1 Å². The largest absolute Gasteiger partial charge is 0.497 e. The van der Waals surface area contributed by atoms with E-state index in [0.717, 1.165) is 0 Å². The molecule has 150 valence electrons. The quantitative estimate of drug-likeness (QED) is 0.565. The van der Waals surface area contributed by atoms with Gasteiger partial charge in [0.05, 0.1) is 18.4 Å². The van der Waals surface area contributed by atoms with E-state index in [1.54, 1.807) is 36.4 Å². The number of nitrogens with zero attached hydrogens (tertiary/aromatic N) is 1. The maximum atomic E-state index is 12.1. The van der Waals surface area contributed by atoms with Crippen molar-refractivity contribution in [3.63, 3.8) is 0 Å². The molecule has 0 saturated heterocycles. The number of rotatable bonds is 9. The molecule has 1 unspecified atom stereocenters. The highest BCUT2D eigenvalue weighted by Crippen LogP contribution is 2.16. The lowest BCUT2D eigenvalue weighted by atomic mass is 10.2. The normalized spacial score (nSPS) is 11.9. The Morgan fingerprint density at radius 1 is 1.18 bits per heavy atom. The number of carbonyl (C=O) groups excluding carboxylic acids is 2. The Kier molecular flexibility index (Phi) is 7.33. The number of pyridine rings is 1. The molecule has 10 heteroatoms.